The molecule has 86 valence electrons. The average Bonchev–Trinajstić information content (AvgIpc) is 2.38. The number of rotatable bonds is 3. The summed E-state index contributed by atoms with van der Waals surface area (Å²) in [6.07, 6.45) is 4.51. The van der Waals surface area contributed by atoms with Crippen LogP contribution < -0.4 is 5.32 Å². The maximum Gasteiger partial charge on any atom is 0.253 e. The fraction of sp³-hybridized carbons (Fsp3) is 0.0833. The Kier molecular flexibility index (Phi) is 3.40. The highest BCUT2D eigenvalue weighted by Gasteiger charge is 2.07. The molecule has 0 aliphatic rings. The molecule has 0 radical (unpaired) electrons. The van der Waals surface area contributed by atoms with E-state index in [0.717, 1.165) is 0 Å². The summed E-state index contributed by atoms with van der Waals surface area (Å²) in [5.41, 5.74) is 0.647. The summed E-state index contributed by atoms with van der Waals surface area (Å²) in [5.74, 6) is -0.734. The molecule has 4 nitrogen and oxygen atoms in total. The van der Waals surface area contributed by atoms with Gasteiger partial charge in [0.25, 0.3) is 5.91 Å². The van der Waals surface area contributed by atoms with Crippen LogP contribution in [0.15, 0.2) is 42.9 Å². The van der Waals surface area contributed by atoms with Gasteiger partial charge in [-0.05, 0) is 24.3 Å². The molecule has 2 heterocycles. The first-order valence-electron chi connectivity index (χ1n) is 5.05. The molecule has 1 amide bonds. The Morgan fingerprint density at radius 2 is 2.12 bits per heavy atom. The Morgan fingerprint density at radius 3 is 2.82 bits per heavy atom. The maximum atomic E-state index is 13.2. The third-order valence-corrected chi connectivity index (χ3v) is 2.17. The fourth-order valence-electron chi connectivity index (χ4n) is 1.31. The largest absolute Gasteiger partial charge is 0.346 e. The quantitative estimate of drug-likeness (QED) is 0.871. The molecule has 2 rings (SSSR count). The molecule has 0 unspecified atom stereocenters. The second-order valence-corrected chi connectivity index (χ2v) is 3.36. The van der Waals surface area contributed by atoms with Gasteiger partial charge in [0.05, 0.1) is 17.8 Å². The van der Waals surface area contributed by atoms with Crippen molar-refractivity contribution in [2.45, 2.75) is 6.54 Å². The summed E-state index contributed by atoms with van der Waals surface area (Å²) in [6, 6.07) is 6.10. The van der Waals surface area contributed by atoms with Crippen LogP contribution in [0.4, 0.5) is 4.39 Å². The van der Waals surface area contributed by atoms with E-state index in [4.69, 9.17) is 0 Å². The van der Waals surface area contributed by atoms with Crippen LogP contribution in [0.3, 0.4) is 0 Å². The van der Waals surface area contributed by atoms with Crippen LogP contribution in [0.5, 0.6) is 0 Å². The molecule has 0 aliphatic carbocycles. The first-order valence-corrected chi connectivity index (χ1v) is 5.05. The molecule has 0 saturated heterocycles. The van der Waals surface area contributed by atoms with Gasteiger partial charge < -0.3 is 5.32 Å². The monoisotopic (exact) mass is 231 g/mol. The molecule has 5 heteroatoms. The number of halogens is 1. The van der Waals surface area contributed by atoms with Gasteiger partial charge in [0.15, 0.2) is 0 Å². The van der Waals surface area contributed by atoms with Gasteiger partial charge in [0.1, 0.15) is 5.82 Å². The highest BCUT2D eigenvalue weighted by molar-refractivity contribution is 5.93. The molecule has 0 atom stereocenters. The molecule has 0 aromatic carbocycles. The van der Waals surface area contributed by atoms with Crippen molar-refractivity contribution in [3.63, 3.8) is 0 Å². The second-order valence-electron chi connectivity index (χ2n) is 3.36. The lowest BCUT2D eigenvalue weighted by Crippen LogP contribution is -2.23. The van der Waals surface area contributed by atoms with Gasteiger partial charge in [-0.3, -0.25) is 14.8 Å². The van der Waals surface area contributed by atoms with Crippen LogP contribution in [0.2, 0.25) is 0 Å². The summed E-state index contributed by atoms with van der Waals surface area (Å²) in [5, 5.41) is 2.57. The van der Waals surface area contributed by atoms with E-state index in [1.165, 1.54) is 24.5 Å². The van der Waals surface area contributed by atoms with Crippen LogP contribution in [0, 0.1) is 5.82 Å². The standard InChI is InChI=1S/C12H10FN3O/c13-10-4-2-6-15-11(10)8-16-12(17)9-3-1-5-14-7-9/h1-7H,8H2,(H,16,17). The number of nitrogens with one attached hydrogen (secondary N) is 1. The molecule has 0 aliphatic heterocycles. The van der Waals surface area contributed by atoms with Crippen molar-refractivity contribution in [1.82, 2.24) is 15.3 Å². The SMILES string of the molecule is O=C(NCc1ncccc1F)c1cccnc1. The van der Waals surface area contributed by atoms with Crippen molar-refractivity contribution in [3.8, 4) is 0 Å². The van der Waals surface area contributed by atoms with E-state index < -0.39 is 5.82 Å². The van der Waals surface area contributed by atoms with Gasteiger partial charge >= 0.3 is 0 Å². The molecular weight excluding hydrogens is 221 g/mol. The molecule has 1 N–H and O–H groups in total. The molecule has 17 heavy (non-hydrogen) atoms. The van der Waals surface area contributed by atoms with E-state index in [9.17, 15) is 9.18 Å². The van der Waals surface area contributed by atoms with Crippen LogP contribution in [-0.4, -0.2) is 15.9 Å². The normalized spacial score (nSPS) is 9.94. The van der Waals surface area contributed by atoms with Crippen LogP contribution in [-0.2, 0) is 6.54 Å². The van der Waals surface area contributed by atoms with E-state index in [0.29, 0.717) is 5.56 Å². The van der Waals surface area contributed by atoms with Gasteiger partial charge in [-0.15, -0.1) is 0 Å². The first kappa shape index (κ1) is 11.2. The third-order valence-electron chi connectivity index (χ3n) is 2.17. The summed E-state index contributed by atoms with van der Waals surface area (Å²) >= 11 is 0. The second kappa shape index (κ2) is 5.16. The zero-order valence-corrected chi connectivity index (χ0v) is 8.93. The minimum absolute atomic E-state index is 0.0560. The van der Waals surface area contributed by atoms with Crippen molar-refractivity contribution < 1.29 is 9.18 Å². The van der Waals surface area contributed by atoms with Crippen molar-refractivity contribution in [1.29, 1.82) is 0 Å². The Morgan fingerprint density at radius 1 is 1.29 bits per heavy atom. The fourth-order valence-corrected chi connectivity index (χ4v) is 1.31. The Balaban J connectivity index is 2.00. The lowest BCUT2D eigenvalue weighted by molar-refractivity contribution is 0.0949. The zero-order chi connectivity index (χ0) is 12.1. The van der Waals surface area contributed by atoms with Crippen LogP contribution in [0.25, 0.3) is 0 Å². The minimum atomic E-state index is -0.431. The summed E-state index contributed by atoms with van der Waals surface area (Å²) < 4.78 is 13.2. The Hall–Kier alpha value is -2.30. The predicted octanol–water partition coefficient (Wildman–Crippen LogP) is 1.55. The van der Waals surface area contributed by atoms with Gasteiger partial charge in [0.2, 0.25) is 0 Å². The number of amides is 1. The molecular formula is C12H10FN3O. The van der Waals surface area contributed by atoms with Crippen LogP contribution in [0.1, 0.15) is 16.1 Å². The maximum absolute atomic E-state index is 13.2. The minimum Gasteiger partial charge on any atom is -0.346 e. The van der Waals surface area contributed by atoms with Gasteiger partial charge in [0, 0.05) is 18.6 Å². The number of aromatic nitrogens is 2. The molecule has 0 fully saturated rings. The van der Waals surface area contributed by atoms with E-state index >= 15 is 0 Å². The predicted molar refractivity (Wildman–Crippen MR) is 59.6 cm³/mol. The van der Waals surface area contributed by atoms with Gasteiger partial charge in [-0.2, -0.15) is 0 Å². The average molecular weight is 231 g/mol. The van der Waals surface area contributed by atoms with E-state index in [1.54, 1.807) is 18.3 Å². The highest BCUT2D eigenvalue weighted by Crippen LogP contribution is 2.02. The van der Waals surface area contributed by atoms with Crippen molar-refractivity contribution in [3.05, 3.63) is 59.9 Å². The van der Waals surface area contributed by atoms with Crippen molar-refractivity contribution in [2.24, 2.45) is 0 Å². The molecule has 0 bridgehead atoms. The van der Waals surface area contributed by atoms with E-state index in [1.807, 2.05) is 0 Å². The topological polar surface area (TPSA) is 54.9 Å². The van der Waals surface area contributed by atoms with Gasteiger partial charge in [-0.1, -0.05) is 0 Å². The zero-order valence-electron chi connectivity index (χ0n) is 8.93. The number of nitrogens with zero attached hydrogens (tertiary/aromatic N) is 2. The molecule has 0 saturated carbocycles. The summed E-state index contributed by atoms with van der Waals surface area (Å²) in [7, 11) is 0. The highest BCUT2D eigenvalue weighted by atomic mass is 19.1. The number of carbonyl (C=O) groups is 1. The molecule has 2 aromatic rings. The lowest BCUT2D eigenvalue weighted by Gasteiger charge is -2.04. The van der Waals surface area contributed by atoms with Gasteiger partial charge in [-0.25, -0.2) is 4.39 Å². The number of hydrogen-bond acceptors (Lipinski definition) is 3. The summed E-state index contributed by atoms with van der Waals surface area (Å²) in [4.78, 5) is 19.3. The molecule has 2 aromatic heterocycles. The van der Waals surface area contributed by atoms with Crippen LogP contribution >= 0.6 is 0 Å². The third kappa shape index (κ3) is 2.84. The number of hydrogen-bond donors (Lipinski definition) is 1. The summed E-state index contributed by atoms with van der Waals surface area (Å²) in [6.45, 7) is 0.0560. The number of pyridine rings is 2. The smallest absolute Gasteiger partial charge is 0.253 e. The first-order chi connectivity index (χ1) is 8.27. The van der Waals surface area contributed by atoms with Crippen molar-refractivity contribution >= 4 is 5.91 Å². The Bertz CT molecular complexity index is 516. The van der Waals surface area contributed by atoms with E-state index in [-0.39, 0.29) is 18.1 Å². The Labute approximate surface area is 97.5 Å². The lowest BCUT2D eigenvalue weighted by atomic mass is 10.2. The number of carbonyl (C=O) groups excluding carboxylic acids is 1. The molecule has 0 spiro atoms. The van der Waals surface area contributed by atoms with E-state index in [2.05, 4.69) is 15.3 Å². The van der Waals surface area contributed by atoms with Crippen molar-refractivity contribution in [2.75, 3.05) is 0 Å².